The first-order valence-corrected chi connectivity index (χ1v) is 4.06. The lowest BCUT2D eigenvalue weighted by molar-refractivity contribution is -0.152. The number of cyclic esters (lactones) is 2. The number of ether oxygens (including phenoxy) is 1. The molecule has 66 valence electrons. The van der Waals surface area contributed by atoms with Gasteiger partial charge in [0.2, 0.25) is 0 Å². The maximum atomic E-state index is 11.0. The molecule has 0 aliphatic carbocycles. The number of carbonyl (C=O) groups is 2. The fourth-order valence-electron chi connectivity index (χ4n) is 1.29. The summed E-state index contributed by atoms with van der Waals surface area (Å²) in [6.07, 6.45) is 3.04. The van der Waals surface area contributed by atoms with Gasteiger partial charge in [-0.1, -0.05) is 18.6 Å². The first kappa shape index (κ1) is 8.97. The van der Waals surface area contributed by atoms with E-state index in [0.717, 1.165) is 12.0 Å². The molecule has 1 unspecified atom stereocenters. The topological polar surface area (TPSA) is 43.4 Å². The highest BCUT2D eigenvalue weighted by Gasteiger charge is 2.33. The summed E-state index contributed by atoms with van der Waals surface area (Å²) >= 11 is 0. The third-order valence-corrected chi connectivity index (χ3v) is 1.95. The van der Waals surface area contributed by atoms with Crippen molar-refractivity contribution in [3.63, 3.8) is 0 Å². The van der Waals surface area contributed by atoms with Crippen LogP contribution in [0.15, 0.2) is 11.6 Å². The van der Waals surface area contributed by atoms with Gasteiger partial charge in [0.15, 0.2) is 0 Å². The second kappa shape index (κ2) is 3.52. The molecule has 0 saturated carbocycles. The fourth-order valence-corrected chi connectivity index (χ4v) is 1.29. The van der Waals surface area contributed by atoms with E-state index in [1.807, 2.05) is 19.9 Å². The van der Waals surface area contributed by atoms with Crippen molar-refractivity contribution < 1.29 is 14.3 Å². The highest BCUT2D eigenvalue weighted by atomic mass is 16.6. The van der Waals surface area contributed by atoms with Crippen molar-refractivity contribution >= 4 is 11.9 Å². The fraction of sp³-hybridized carbons (Fsp3) is 0.556. The normalized spacial score (nSPS) is 24.5. The summed E-state index contributed by atoms with van der Waals surface area (Å²) in [5.41, 5.74) is 0.938. The summed E-state index contributed by atoms with van der Waals surface area (Å²) < 4.78 is 4.42. The smallest absolute Gasteiger partial charge is 0.321 e. The van der Waals surface area contributed by atoms with E-state index in [2.05, 4.69) is 4.74 Å². The largest absolute Gasteiger partial charge is 0.393 e. The highest BCUT2D eigenvalue weighted by molar-refractivity contribution is 5.96. The zero-order chi connectivity index (χ0) is 9.14. The minimum absolute atomic E-state index is 0.209. The van der Waals surface area contributed by atoms with Gasteiger partial charge in [-0.05, 0) is 13.3 Å². The van der Waals surface area contributed by atoms with Crippen molar-refractivity contribution in [3.8, 4) is 0 Å². The van der Waals surface area contributed by atoms with Crippen molar-refractivity contribution in [3.05, 3.63) is 11.6 Å². The van der Waals surface area contributed by atoms with Gasteiger partial charge in [-0.15, -0.1) is 0 Å². The van der Waals surface area contributed by atoms with Gasteiger partial charge in [-0.2, -0.15) is 0 Å². The molecule has 1 rings (SSSR count). The van der Waals surface area contributed by atoms with Gasteiger partial charge in [0.25, 0.3) is 0 Å². The van der Waals surface area contributed by atoms with Crippen LogP contribution in [-0.2, 0) is 14.3 Å². The number of carbonyl (C=O) groups excluding carboxylic acids is 2. The standard InChI is InChI=1S/C9H12O3/c1-3-4-6(2)7-5-8(10)12-9(7)11/h4,7H,3,5H2,1-2H3. The van der Waals surface area contributed by atoms with Gasteiger partial charge in [0, 0.05) is 0 Å². The van der Waals surface area contributed by atoms with E-state index in [0.29, 0.717) is 0 Å². The van der Waals surface area contributed by atoms with Gasteiger partial charge in [-0.25, -0.2) is 0 Å². The Morgan fingerprint density at radius 3 is 2.75 bits per heavy atom. The average Bonchev–Trinajstić information content (AvgIpc) is 2.30. The van der Waals surface area contributed by atoms with E-state index < -0.39 is 11.9 Å². The SMILES string of the molecule is CCC=C(C)C1CC(=O)OC1=O. The molecule has 0 bridgehead atoms. The molecule has 1 heterocycles. The van der Waals surface area contributed by atoms with E-state index >= 15 is 0 Å². The third kappa shape index (κ3) is 1.72. The van der Waals surface area contributed by atoms with Crippen LogP contribution in [0.2, 0.25) is 0 Å². The Labute approximate surface area is 71.4 Å². The van der Waals surface area contributed by atoms with Crippen molar-refractivity contribution in [1.82, 2.24) is 0 Å². The Bertz CT molecular complexity index is 240. The molecule has 0 aromatic rings. The van der Waals surface area contributed by atoms with Crippen molar-refractivity contribution in [2.45, 2.75) is 26.7 Å². The molecule has 3 heteroatoms. The summed E-state index contributed by atoms with van der Waals surface area (Å²) in [5, 5.41) is 0. The van der Waals surface area contributed by atoms with Crippen molar-refractivity contribution in [2.75, 3.05) is 0 Å². The van der Waals surface area contributed by atoms with Crippen LogP contribution in [0.4, 0.5) is 0 Å². The zero-order valence-electron chi connectivity index (χ0n) is 7.29. The molecule has 0 amide bonds. The zero-order valence-corrected chi connectivity index (χ0v) is 7.29. The van der Waals surface area contributed by atoms with Gasteiger partial charge in [-0.3, -0.25) is 9.59 Å². The van der Waals surface area contributed by atoms with Crippen molar-refractivity contribution in [2.24, 2.45) is 5.92 Å². The van der Waals surface area contributed by atoms with E-state index in [9.17, 15) is 9.59 Å². The highest BCUT2D eigenvalue weighted by Crippen LogP contribution is 2.23. The Morgan fingerprint density at radius 2 is 2.33 bits per heavy atom. The number of rotatable bonds is 2. The van der Waals surface area contributed by atoms with Gasteiger partial charge >= 0.3 is 11.9 Å². The summed E-state index contributed by atoms with van der Waals surface area (Å²) in [6.45, 7) is 3.85. The average molecular weight is 168 g/mol. The summed E-state index contributed by atoms with van der Waals surface area (Å²) in [6, 6.07) is 0. The van der Waals surface area contributed by atoms with E-state index in [4.69, 9.17) is 0 Å². The summed E-state index contributed by atoms with van der Waals surface area (Å²) in [4.78, 5) is 21.7. The van der Waals surface area contributed by atoms with Crippen LogP contribution in [0, 0.1) is 5.92 Å². The van der Waals surface area contributed by atoms with Crippen LogP contribution in [-0.4, -0.2) is 11.9 Å². The molecule has 0 spiro atoms. The quantitative estimate of drug-likeness (QED) is 0.356. The molecule has 1 aliphatic heterocycles. The molecule has 1 fully saturated rings. The molecule has 3 nitrogen and oxygen atoms in total. The maximum absolute atomic E-state index is 11.0. The Morgan fingerprint density at radius 1 is 1.67 bits per heavy atom. The van der Waals surface area contributed by atoms with E-state index in [1.165, 1.54) is 0 Å². The number of hydrogen-bond acceptors (Lipinski definition) is 3. The lowest BCUT2D eigenvalue weighted by Gasteiger charge is -2.02. The van der Waals surface area contributed by atoms with Crippen LogP contribution in [0.25, 0.3) is 0 Å². The number of esters is 2. The molecule has 0 radical (unpaired) electrons. The predicted molar refractivity (Wildman–Crippen MR) is 43.3 cm³/mol. The van der Waals surface area contributed by atoms with Gasteiger partial charge < -0.3 is 4.74 Å². The van der Waals surface area contributed by atoms with Gasteiger partial charge in [0.05, 0.1) is 12.3 Å². The van der Waals surface area contributed by atoms with E-state index in [-0.39, 0.29) is 12.3 Å². The maximum Gasteiger partial charge on any atom is 0.321 e. The van der Waals surface area contributed by atoms with Crippen LogP contribution >= 0.6 is 0 Å². The molecule has 1 atom stereocenters. The van der Waals surface area contributed by atoms with Gasteiger partial charge in [0.1, 0.15) is 0 Å². The molecule has 12 heavy (non-hydrogen) atoms. The third-order valence-electron chi connectivity index (χ3n) is 1.95. The van der Waals surface area contributed by atoms with Crippen LogP contribution in [0.3, 0.4) is 0 Å². The molecule has 1 aliphatic rings. The first-order chi connectivity index (χ1) is 5.65. The summed E-state index contributed by atoms with van der Waals surface area (Å²) in [7, 11) is 0. The van der Waals surface area contributed by atoms with Crippen LogP contribution < -0.4 is 0 Å². The monoisotopic (exact) mass is 168 g/mol. The molecule has 0 N–H and O–H groups in total. The van der Waals surface area contributed by atoms with Crippen LogP contribution in [0.5, 0.6) is 0 Å². The molecule has 1 saturated heterocycles. The lowest BCUT2D eigenvalue weighted by Crippen LogP contribution is -2.08. The second-order valence-corrected chi connectivity index (χ2v) is 2.91. The minimum Gasteiger partial charge on any atom is -0.393 e. The predicted octanol–water partition coefficient (Wildman–Crippen LogP) is 1.43. The Balaban J connectivity index is 2.70. The molecular formula is C9H12O3. The Hall–Kier alpha value is -1.12. The molecular weight excluding hydrogens is 156 g/mol. The molecule has 0 aromatic heterocycles. The van der Waals surface area contributed by atoms with Crippen molar-refractivity contribution in [1.29, 1.82) is 0 Å². The number of hydrogen-bond donors (Lipinski definition) is 0. The first-order valence-electron chi connectivity index (χ1n) is 4.06. The molecule has 0 aromatic carbocycles. The van der Waals surface area contributed by atoms with Crippen LogP contribution in [0.1, 0.15) is 26.7 Å². The summed E-state index contributed by atoms with van der Waals surface area (Å²) in [5.74, 6) is -1.13. The lowest BCUT2D eigenvalue weighted by atomic mass is 9.98. The van der Waals surface area contributed by atoms with E-state index in [1.54, 1.807) is 0 Å². The Kier molecular flexibility index (Phi) is 2.63. The number of allylic oxidation sites excluding steroid dienone is 1. The second-order valence-electron chi connectivity index (χ2n) is 2.91. The minimum atomic E-state index is -0.408.